The van der Waals surface area contributed by atoms with Crippen molar-refractivity contribution in [1.82, 2.24) is 16.0 Å². The molecule has 0 radical (unpaired) electrons. The normalized spacial score (nSPS) is 15.3. The quantitative estimate of drug-likeness (QED) is 0.297. The van der Waals surface area contributed by atoms with Crippen LogP contribution in [0.2, 0.25) is 0 Å². The number of aliphatic hydroxyl groups is 1. The summed E-state index contributed by atoms with van der Waals surface area (Å²) in [6.07, 6.45) is -0.256. The van der Waals surface area contributed by atoms with Gasteiger partial charge in [-0.2, -0.15) is 0 Å². The number of aliphatic hydroxyl groups excluding tert-OH is 1. The number of hydrogen-bond acceptors (Lipinski definition) is 6. The summed E-state index contributed by atoms with van der Waals surface area (Å²) >= 11 is 0. The first kappa shape index (κ1) is 29.1. The van der Waals surface area contributed by atoms with E-state index in [-0.39, 0.29) is 31.6 Å². The molecule has 0 aromatic heterocycles. The molecule has 2 aromatic carbocycles. The van der Waals surface area contributed by atoms with Gasteiger partial charge in [0.2, 0.25) is 5.91 Å². The van der Waals surface area contributed by atoms with Gasteiger partial charge in [-0.1, -0.05) is 68.4 Å². The number of benzene rings is 2. The molecule has 2 aromatic rings. The molecule has 1 aliphatic carbocycles. The molecule has 3 rings (SSSR count). The average Bonchev–Trinajstić information content (AvgIpc) is 3.30. The summed E-state index contributed by atoms with van der Waals surface area (Å²) in [7, 11) is 1.50. The summed E-state index contributed by atoms with van der Waals surface area (Å²) in [5.74, 6) is -0.949. The third-order valence-electron chi connectivity index (χ3n) is 6.51. The Morgan fingerprint density at radius 1 is 0.921 bits per heavy atom. The van der Waals surface area contributed by atoms with E-state index < -0.39 is 36.1 Å². The summed E-state index contributed by atoms with van der Waals surface area (Å²) in [6.45, 7) is 4.16. The number of ether oxygens (including phenoxy) is 2. The second-order valence-corrected chi connectivity index (χ2v) is 10.1. The van der Waals surface area contributed by atoms with E-state index in [9.17, 15) is 19.5 Å². The summed E-state index contributed by atoms with van der Waals surface area (Å²) < 4.78 is 9.95. The Balaban J connectivity index is 1.69. The minimum Gasteiger partial charge on any atom is -0.447 e. The van der Waals surface area contributed by atoms with Crippen LogP contribution in [0.25, 0.3) is 0 Å². The molecule has 0 aliphatic heterocycles. The molecule has 0 bridgehead atoms. The maximum Gasteiger partial charge on any atom is 0.407 e. The number of nitrogens with one attached hydrogen (secondary N) is 3. The van der Waals surface area contributed by atoms with Crippen molar-refractivity contribution in [1.29, 1.82) is 0 Å². The van der Waals surface area contributed by atoms with Gasteiger partial charge in [-0.15, -0.1) is 0 Å². The van der Waals surface area contributed by atoms with Crippen LogP contribution in [0.15, 0.2) is 54.6 Å². The van der Waals surface area contributed by atoms with Crippen LogP contribution in [-0.2, 0) is 38.3 Å². The molecule has 0 fully saturated rings. The third-order valence-corrected chi connectivity index (χ3v) is 6.51. The van der Waals surface area contributed by atoms with Crippen molar-refractivity contribution in [2.45, 2.75) is 63.8 Å². The summed E-state index contributed by atoms with van der Waals surface area (Å²) in [5.41, 5.74) is 3.22. The van der Waals surface area contributed by atoms with Crippen molar-refractivity contribution in [2.24, 2.45) is 5.92 Å². The number of alkyl carbamates (subject to hydrolysis) is 1. The highest BCUT2D eigenvalue weighted by Crippen LogP contribution is 2.22. The Morgan fingerprint density at radius 3 is 2.16 bits per heavy atom. The zero-order valence-corrected chi connectivity index (χ0v) is 22.3. The third kappa shape index (κ3) is 8.85. The SMILES string of the molecule is COCCOC(=O)N[C@@H](CC(C)C)C(=O)N[C@@H](Cc1ccccc1)C(O)C(=O)NC1Cc2ccccc2C1. The molecule has 0 heterocycles. The Bertz CT molecular complexity index is 1040. The van der Waals surface area contributed by atoms with E-state index in [1.54, 1.807) is 0 Å². The van der Waals surface area contributed by atoms with E-state index in [1.807, 2.05) is 68.4 Å². The van der Waals surface area contributed by atoms with Crippen molar-refractivity contribution in [3.05, 3.63) is 71.3 Å². The average molecular weight is 526 g/mol. The van der Waals surface area contributed by atoms with Crippen LogP contribution >= 0.6 is 0 Å². The second-order valence-electron chi connectivity index (χ2n) is 10.1. The van der Waals surface area contributed by atoms with Crippen molar-refractivity contribution in [2.75, 3.05) is 20.3 Å². The first-order valence-electron chi connectivity index (χ1n) is 13.1. The highest BCUT2D eigenvalue weighted by molar-refractivity contribution is 5.87. The van der Waals surface area contributed by atoms with Crippen LogP contribution in [0, 0.1) is 5.92 Å². The lowest BCUT2D eigenvalue weighted by molar-refractivity contribution is -0.133. The number of hydrogen-bond donors (Lipinski definition) is 4. The molecule has 3 amide bonds. The molecule has 9 nitrogen and oxygen atoms in total. The van der Waals surface area contributed by atoms with Gasteiger partial charge < -0.3 is 30.5 Å². The van der Waals surface area contributed by atoms with E-state index in [0.717, 1.165) is 5.56 Å². The summed E-state index contributed by atoms with van der Waals surface area (Å²) in [6, 6.07) is 15.4. The van der Waals surface area contributed by atoms with E-state index in [0.29, 0.717) is 19.3 Å². The van der Waals surface area contributed by atoms with E-state index in [1.165, 1.54) is 18.2 Å². The molecule has 3 atom stereocenters. The van der Waals surface area contributed by atoms with Crippen LogP contribution in [0.3, 0.4) is 0 Å². The molecule has 1 aliphatic rings. The zero-order valence-electron chi connectivity index (χ0n) is 22.3. The predicted octanol–water partition coefficient (Wildman–Crippen LogP) is 2.15. The van der Waals surface area contributed by atoms with E-state index >= 15 is 0 Å². The molecule has 4 N–H and O–H groups in total. The molecule has 1 unspecified atom stereocenters. The largest absolute Gasteiger partial charge is 0.447 e. The first-order chi connectivity index (χ1) is 18.3. The maximum absolute atomic E-state index is 13.3. The van der Waals surface area contributed by atoms with Crippen molar-refractivity contribution in [3.63, 3.8) is 0 Å². The molecule has 0 spiro atoms. The maximum atomic E-state index is 13.3. The van der Waals surface area contributed by atoms with Crippen LogP contribution in [-0.4, -0.2) is 67.6 Å². The Labute approximate surface area is 224 Å². The summed E-state index contributed by atoms with van der Waals surface area (Å²) in [5, 5.41) is 19.5. The predicted molar refractivity (Wildman–Crippen MR) is 143 cm³/mol. The molecular weight excluding hydrogens is 486 g/mol. The van der Waals surface area contributed by atoms with Gasteiger partial charge in [0.1, 0.15) is 12.6 Å². The molecule has 0 saturated carbocycles. The molecule has 206 valence electrons. The van der Waals surface area contributed by atoms with Gasteiger partial charge in [-0.3, -0.25) is 9.59 Å². The highest BCUT2D eigenvalue weighted by Gasteiger charge is 2.33. The lowest BCUT2D eigenvalue weighted by atomic mass is 9.98. The molecule has 38 heavy (non-hydrogen) atoms. The lowest BCUT2D eigenvalue weighted by Gasteiger charge is -2.28. The number of carbonyl (C=O) groups is 3. The first-order valence-corrected chi connectivity index (χ1v) is 13.1. The fourth-order valence-electron chi connectivity index (χ4n) is 4.63. The highest BCUT2D eigenvalue weighted by atomic mass is 16.6. The number of carbonyl (C=O) groups excluding carboxylic acids is 3. The number of amides is 3. The monoisotopic (exact) mass is 525 g/mol. The van der Waals surface area contributed by atoms with E-state index in [4.69, 9.17) is 9.47 Å². The van der Waals surface area contributed by atoms with Gasteiger partial charge in [0, 0.05) is 13.2 Å². The minimum atomic E-state index is -1.49. The topological polar surface area (TPSA) is 126 Å². The second kappa shape index (κ2) is 14.5. The van der Waals surface area contributed by atoms with Gasteiger partial charge in [0.15, 0.2) is 6.10 Å². The molecular formula is C29H39N3O6. The lowest BCUT2D eigenvalue weighted by Crippen LogP contribution is -2.57. The smallest absolute Gasteiger partial charge is 0.407 e. The Morgan fingerprint density at radius 2 is 1.55 bits per heavy atom. The van der Waals surface area contributed by atoms with Gasteiger partial charge >= 0.3 is 6.09 Å². The van der Waals surface area contributed by atoms with Crippen LogP contribution in [0.4, 0.5) is 4.79 Å². The van der Waals surface area contributed by atoms with Crippen LogP contribution in [0.5, 0.6) is 0 Å². The van der Waals surface area contributed by atoms with Crippen molar-refractivity contribution in [3.8, 4) is 0 Å². The van der Waals surface area contributed by atoms with Gasteiger partial charge in [-0.25, -0.2) is 4.79 Å². The number of fused-ring (bicyclic) bond motifs is 1. The fourth-order valence-corrected chi connectivity index (χ4v) is 4.63. The van der Waals surface area contributed by atoms with Crippen LogP contribution in [0.1, 0.15) is 37.0 Å². The van der Waals surface area contributed by atoms with E-state index in [2.05, 4.69) is 16.0 Å². The fraction of sp³-hybridized carbons (Fsp3) is 0.483. The van der Waals surface area contributed by atoms with Crippen LogP contribution < -0.4 is 16.0 Å². The van der Waals surface area contributed by atoms with Gasteiger partial charge in [0.25, 0.3) is 5.91 Å². The Kier molecular flexibility index (Phi) is 11.1. The summed E-state index contributed by atoms with van der Waals surface area (Å²) in [4.78, 5) is 38.7. The van der Waals surface area contributed by atoms with Gasteiger partial charge in [-0.05, 0) is 48.3 Å². The number of rotatable bonds is 13. The Hall–Kier alpha value is -3.43. The number of methoxy groups -OCH3 is 1. The minimum absolute atomic E-state index is 0.0545. The molecule has 0 saturated heterocycles. The van der Waals surface area contributed by atoms with Crippen molar-refractivity contribution >= 4 is 17.9 Å². The van der Waals surface area contributed by atoms with Crippen molar-refractivity contribution < 1.29 is 29.0 Å². The molecule has 9 heteroatoms. The zero-order chi connectivity index (χ0) is 27.5. The standard InChI is InChI=1S/C29H39N3O6/c1-19(2)15-25(32-29(36)38-14-13-37-3)27(34)31-24(16-20-9-5-4-6-10-20)26(33)28(35)30-23-17-21-11-7-8-12-22(21)18-23/h4-12,19,23-26,33H,13-18H2,1-3H3,(H,30,35)(H,31,34)(H,32,36)/t24-,25-,26?/m0/s1. The van der Waals surface area contributed by atoms with Gasteiger partial charge in [0.05, 0.1) is 12.6 Å².